The minimum Gasteiger partial charge on any atom is -0.330 e. The fraction of sp³-hybridized carbons (Fsp3) is 0.818. The Morgan fingerprint density at radius 2 is 2.19 bits per heavy atom. The summed E-state index contributed by atoms with van der Waals surface area (Å²) in [7, 11) is 0. The van der Waals surface area contributed by atoms with Crippen molar-refractivity contribution in [1.82, 2.24) is 9.36 Å². The monoisotopic (exact) mass is 257 g/mol. The first-order valence-electron chi connectivity index (χ1n) is 5.96. The van der Waals surface area contributed by atoms with Crippen LogP contribution in [0.25, 0.3) is 0 Å². The third-order valence-electron chi connectivity index (χ3n) is 3.15. The SMILES string of the molecule is Cc1nsc(SC2CCCCCC2CN)n1. The maximum Gasteiger partial charge on any atom is 0.170 e. The molecule has 2 atom stereocenters. The summed E-state index contributed by atoms with van der Waals surface area (Å²) in [4.78, 5) is 4.43. The molecule has 1 aromatic rings. The zero-order valence-corrected chi connectivity index (χ0v) is 11.3. The minimum absolute atomic E-state index is 0.653. The van der Waals surface area contributed by atoms with Crippen LogP contribution in [0.1, 0.15) is 37.9 Å². The number of nitrogens with zero attached hydrogens (tertiary/aromatic N) is 2. The normalized spacial score (nSPS) is 26.6. The lowest BCUT2D eigenvalue weighted by Gasteiger charge is -2.21. The smallest absolute Gasteiger partial charge is 0.170 e. The molecule has 3 nitrogen and oxygen atoms in total. The summed E-state index contributed by atoms with van der Waals surface area (Å²) in [5.74, 6) is 1.56. The molecular formula is C11H19N3S2. The Hall–Kier alpha value is -0.130. The highest BCUT2D eigenvalue weighted by Gasteiger charge is 2.24. The molecule has 2 N–H and O–H groups in total. The van der Waals surface area contributed by atoms with Gasteiger partial charge in [0.2, 0.25) is 0 Å². The topological polar surface area (TPSA) is 51.8 Å². The molecule has 0 amide bonds. The molecule has 0 aliphatic heterocycles. The van der Waals surface area contributed by atoms with E-state index in [-0.39, 0.29) is 0 Å². The lowest BCUT2D eigenvalue weighted by atomic mass is 10.0. The van der Waals surface area contributed by atoms with Gasteiger partial charge in [-0.1, -0.05) is 31.0 Å². The number of aromatic nitrogens is 2. The Balaban J connectivity index is 1.99. The molecule has 0 spiro atoms. The highest BCUT2D eigenvalue weighted by Crippen LogP contribution is 2.36. The van der Waals surface area contributed by atoms with Crippen LogP contribution in [0.4, 0.5) is 0 Å². The average molecular weight is 257 g/mol. The summed E-state index contributed by atoms with van der Waals surface area (Å²) < 4.78 is 5.35. The van der Waals surface area contributed by atoms with Gasteiger partial charge in [-0.2, -0.15) is 4.37 Å². The summed E-state index contributed by atoms with van der Waals surface area (Å²) in [5, 5.41) is 0.653. The van der Waals surface area contributed by atoms with Crippen molar-refractivity contribution in [3.63, 3.8) is 0 Å². The quantitative estimate of drug-likeness (QED) is 0.846. The largest absolute Gasteiger partial charge is 0.330 e. The molecule has 1 aromatic heterocycles. The van der Waals surface area contributed by atoms with Crippen molar-refractivity contribution < 1.29 is 0 Å². The van der Waals surface area contributed by atoms with Crippen LogP contribution >= 0.6 is 23.3 Å². The first-order valence-corrected chi connectivity index (χ1v) is 7.62. The van der Waals surface area contributed by atoms with Crippen LogP contribution in [0.5, 0.6) is 0 Å². The predicted molar refractivity (Wildman–Crippen MR) is 69.9 cm³/mol. The van der Waals surface area contributed by atoms with E-state index in [9.17, 15) is 0 Å². The Labute approximate surface area is 105 Å². The van der Waals surface area contributed by atoms with Crippen LogP contribution in [0.3, 0.4) is 0 Å². The first kappa shape index (κ1) is 12.3. The number of aryl methyl sites for hydroxylation is 1. The van der Waals surface area contributed by atoms with E-state index in [1.165, 1.54) is 43.6 Å². The molecule has 2 rings (SSSR count). The Morgan fingerprint density at radius 1 is 1.38 bits per heavy atom. The molecule has 1 aliphatic carbocycles. The number of nitrogens with two attached hydrogens (primary N) is 1. The van der Waals surface area contributed by atoms with Crippen molar-refractivity contribution in [2.45, 2.75) is 48.6 Å². The van der Waals surface area contributed by atoms with Gasteiger partial charge in [0.1, 0.15) is 5.82 Å². The lowest BCUT2D eigenvalue weighted by molar-refractivity contribution is 0.483. The van der Waals surface area contributed by atoms with Crippen LogP contribution in [0, 0.1) is 12.8 Å². The average Bonchev–Trinajstić information content (AvgIpc) is 2.56. The predicted octanol–water partition coefficient (Wildman–Crippen LogP) is 2.85. The fourth-order valence-electron chi connectivity index (χ4n) is 2.23. The summed E-state index contributed by atoms with van der Waals surface area (Å²) in [6, 6.07) is 0. The zero-order chi connectivity index (χ0) is 11.4. The molecule has 0 bridgehead atoms. The highest BCUT2D eigenvalue weighted by atomic mass is 32.2. The van der Waals surface area contributed by atoms with E-state index < -0.39 is 0 Å². The van der Waals surface area contributed by atoms with E-state index >= 15 is 0 Å². The van der Waals surface area contributed by atoms with Crippen LogP contribution in [-0.2, 0) is 0 Å². The van der Waals surface area contributed by atoms with Gasteiger partial charge in [0.25, 0.3) is 0 Å². The molecular weight excluding hydrogens is 238 g/mol. The Morgan fingerprint density at radius 3 is 2.88 bits per heavy atom. The van der Waals surface area contributed by atoms with E-state index in [1.807, 2.05) is 18.7 Å². The molecule has 5 heteroatoms. The maximum atomic E-state index is 5.88. The van der Waals surface area contributed by atoms with Gasteiger partial charge < -0.3 is 5.73 Å². The summed E-state index contributed by atoms with van der Waals surface area (Å²) in [6.45, 7) is 2.77. The molecule has 1 saturated carbocycles. The summed E-state index contributed by atoms with van der Waals surface area (Å²) >= 11 is 3.42. The van der Waals surface area contributed by atoms with Crippen LogP contribution < -0.4 is 5.73 Å². The third kappa shape index (κ3) is 3.18. The van der Waals surface area contributed by atoms with Gasteiger partial charge >= 0.3 is 0 Å². The zero-order valence-electron chi connectivity index (χ0n) is 9.69. The van der Waals surface area contributed by atoms with Gasteiger partial charge in [-0.25, -0.2) is 4.98 Å². The van der Waals surface area contributed by atoms with Gasteiger partial charge in [0.15, 0.2) is 4.34 Å². The molecule has 1 fully saturated rings. The Kier molecular flexibility index (Phi) is 4.61. The number of rotatable bonds is 3. The van der Waals surface area contributed by atoms with Crippen molar-refractivity contribution in [2.24, 2.45) is 11.7 Å². The summed E-state index contributed by atoms with van der Waals surface area (Å²) in [5.41, 5.74) is 5.88. The van der Waals surface area contributed by atoms with Gasteiger partial charge in [-0.15, -0.1) is 0 Å². The molecule has 90 valence electrons. The molecule has 16 heavy (non-hydrogen) atoms. The molecule has 0 radical (unpaired) electrons. The van der Waals surface area contributed by atoms with Gasteiger partial charge in [-0.3, -0.25) is 0 Å². The van der Waals surface area contributed by atoms with Crippen LogP contribution in [0.15, 0.2) is 4.34 Å². The van der Waals surface area contributed by atoms with Crippen LogP contribution in [-0.4, -0.2) is 21.2 Å². The Bertz CT molecular complexity index is 327. The standard InChI is InChI=1S/C11H19N3S2/c1-8-13-11(16-14-8)15-10-6-4-2-3-5-9(10)7-12/h9-10H,2-7,12H2,1H3. The van der Waals surface area contributed by atoms with Crippen molar-refractivity contribution in [2.75, 3.05) is 6.54 Å². The van der Waals surface area contributed by atoms with Crippen molar-refractivity contribution in [3.8, 4) is 0 Å². The molecule has 1 heterocycles. The second-order valence-electron chi connectivity index (χ2n) is 4.40. The van der Waals surface area contributed by atoms with Crippen molar-refractivity contribution >= 4 is 23.3 Å². The lowest BCUT2D eigenvalue weighted by Crippen LogP contribution is -2.24. The van der Waals surface area contributed by atoms with Crippen LogP contribution in [0.2, 0.25) is 0 Å². The number of thioether (sulfide) groups is 1. The van der Waals surface area contributed by atoms with Crippen molar-refractivity contribution in [1.29, 1.82) is 0 Å². The number of hydrogen-bond donors (Lipinski definition) is 1. The number of hydrogen-bond acceptors (Lipinski definition) is 5. The molecule has 2 unspecified atom stereocenters. The van der Waals surface area contributed by atoms with Gasteiger partial charge in [0, 0.05) is 5.25 Å². The second kappa shape index (κ2) is 5.98. The molecule has 0 aromatic carbocycles. The van der Waals surface area contributed by atoms with E-state index in [2.05, 4.69) is 9.36 Å². The first-order chi connectivity index (χ1) is 7.79. The third-order valence-corrected chi connectivity index (χ3v) is 5.48. The van der Waals surface area contributed by atoms with Gasteiger partial charge in [0.05, 0.1) is 0 Å². The van der Waals surface area contributed by atoms with Gasteiger partial charge in [-0.05, 0) is 43.8 Å². The maximum absolute atomic E-state index is 5.88. The minimum atomic E-state index is 0.653. The summed E-state index contributed by atoms with van der Waals surface area (Å²) in [6.07, 6.45) is 6.61. The fourth-order valence-corrected chi connectivity index (χ4v) is 4.48. The molecule has 1 aliphatic rings. The van der Waals surface area contributed by atoms with Crippen molar-refractivity contribution in [3.05, 3.63) is 5.82 Å². The van der Waals surface area contributed by atoms with E-state index in [0.29, 0.717) is 11.2 Å². The highest BCUT2D eigenvalue weighted by molar-refractivity contribution is 8.01. The molecule has 0 saturated heterocycles. The van der Waals surface area contributed by atoms with E-state index in [1.54, 1.807) is 0 Å². The second-order valence-corrected chi connectivity index (χ2v) is 6.64. The van der Waals surface area contributed by atoms with E-state index in [4.69, 9.17) is 5.73 Å². The van der Waals surface area contributed by atoms with E-state index in [0.717, 1.165) is 16.7 Å².